The van der Waals surface area contributed by atoms with Crippen LogP contribution in [0.1, 0.15) is 56.8 Å². The number of fused-ring (bicyclic) bond motifs is 1. The zero-order valence-electron chi connectivity index (χ0n) is 22.9. The summed E-state index contributed by atoms with van der Waals surface area (Å²) in [5.41, 5.74) is 0.433. The van der Waals surface area contributed by atoms with E-state index in [2.05, 4.69) is 20.1 Å². The van der Waals surface area contributed by atoms with Crippen molar-refractivity contribution in [1.29, 1.82) is 0 Å². The molecular weight excluding hydrogens is 547 g/mol. The van der Waals surface area contributed by atoms with Crippen molar-refractivity contribution in [3.63, 3.8) is 0 Å². The van der Waals surface area contributed by atoms with Crippen molar-refractivity contribution in [3.8, 4) is 0 Å². The molecule has 3 fully saturated rings. The Morgan fingerprint density at radius 2 is 1.62 bits per heavy atom. The second-order valence-electron chi connectivity index (χ2n) is 11.2. The van der Waals surface area contributed by atoms with Gasteiger partial charge in [-0.3, -0.25) is 34.3 Å². The van der Waals surface area contributed by atoms with Crippen molar-refractivity contribution >= 4 is 41.1 Å². The molecule has 5 heterocycles. The number of carbonyl (C=O) groups is 5. The Bertz CT molecular complexity index is 1450. The number of piperidine rings is 2. The van der Waals surface area contributed by atoms with Gasteiger partial charge in [0.1, 0.15) is 17.7 Å². The summed E-state index contributed by atoms with van der Waals surface area (Å²) in [7, 11) is 0. The van der Waals surface area contributed by atoms with Crippen LogP contribution >= 0.6 is 0 Å². The van der Waals surface area contributed by atoms with Crippen molar-refractivity contribution in [3.05, 3.63) is 53.0 Å². The van der Waals surface area contributed by atoms with Crippen LogP contribution < -0.4 is 15.1 Å². The molecular formula is C29H31FN6O6. The summed E-state index contributed by atoms with van der Waals surface area (Å²) in [5, 5.41) is 11.2. The Labute approximate surface area is 241 Å². The van der Waals surface area contributed by atoms with Gasteiger partial charge in [-0.15, -0.1) is 0 Å². The molecule has 4 amide bonds. The minimum absolute atomic E-state index is 0.0202. The Morgan fingerprint density at radius 1 is 0.929 bits per heavy atom. The molecule has 3 saturated heterocycles. The van der Waals surface area contributed by atoms with Crippen molar-refractivity contribution < 1.29 is 33.5 Å². The SMILES string of the molecule is O=C1CCC(N2C(=O)c3cc(F)c(N4CCN(CC5CCN(c6ccc(C(=O)O)cn6)CC5)CC4)cc3C2=O)C(=O)N1. The number of halogens is 1. The smallest absolute Gasteiger partial charge is 0.337 e. The number of carboxylic acid groups (broad SMARTS) is 1. The van der Waals surface area contributed by atoms with Crippen LogP contribution in [0.3, 0.4) is 0 Å². The number of benzene rings is 1. The van der Waals surface area contributed by atoms with Crippen LogP contribution in [0.25, 0.3) is 0 Å². The third-order valence-electron chi connectivity index (χ3n) is 8.67. The number of carbonyl (C=O) groups excluding carboxylic acids is 4. The highest BCUT2D eigenvalue weighted by molar-refractivity contribution is 6.23. The van der Waals surface area contributed by atoms with Crippen molar-refractivity contribution in [2.75, 3.05) is 55.6 Å². The molecule has 2 aromatic rings. The Morgan fingerprint density at radius 3 is 2.24 bits per heavy atom. The molecule has 2 N–H and O–H groups in total. The van der Waals surface area contributed by atoms with Gasteiger partial charge >= 0.3 is 5.97 Å². The second kappa shape index (κ2) is 11.1. The summed E-state index contributed by atoms with van der Waals surface area (Å²) < 4.78 is 15.2. The van der Waals surface area contributed by atoms with Crippen LogP contribution in [0.2, 0.25) is 0 Å². The standard InChI is InChI=1S/C29H31FN6O6/c30-21-13-19-20(28(40)36(27(19)39)22-2-4-25(37)32-26(22)38)14-23(21)34-11-9-33(10-12-34)16-17-5-7-35(8-6-17)24-3-1-18(15-31-24)29(41)42/h1,3,13-15,17,22H,2,4-12,16H2,(H,41,42)(H,32,37,38). The molecule has 12 nitrogen and oxygen atoms in total. The molecule has 4 aliphatic heterocycles. The van der Waals surface area contributed by atoms with Crippen LogP contribution in [0.5, 0.6) is 0 Å². The summed E-state index contributed by atoms with van der Waals surface area (Å²) >= 11 is 0. The molecule has 0 bridgehead atoms. The van der Waals surface area contributed by atoms with E-state index in [-0.39, 0.29) is 35.2 Å². The summed E-state index contributed by atoms with van der Waals surface area (Å²) in [6, 6.07) is 4.73. The molecule has 1 atom stereocenters. The third kappa shape index (κ3) is 5.20. The molecule has 1 unspecified atom stereocenters. The molecule has 0 spiro atoms. The quantitative estimate of drug-likeness (QED) is 0.482. The number of piperazine rings is 1. The first kappa shape index (κ1) is 27.8. The van der Waals surface area contributed by atoms with Gasteiger partial charge in [0.2, 0.25) is 11.8 Å². The highest BCUT2D eigenvalue weighted by Crippen LogP contribution is 2.33. The molecule has 0 aliphatic carbocycles. The van der Waals surface area contributed by atoms with Crippen LogP contribution in [0, 0.1) is 11.7 Å². The van der Waals surface area contributed by atoms with E-state index in [1.165, 1.54) is 12.3 Å². The van der Waals surface area contributed by atoms with Crippen molar-refractivity contribution in [2.24, 2.45) is 5.92 Å². The zero-order chi connectivity index (χ0) is 29.5. The maximum Gasteiger partial charge on any atom is 0.337 e. The Kier molecular flexibility index (Phi) is 7.35. The van der Waals surface area contributed by atoms with Gasteiger partial charge < -0.3 is 14.9 Å². The maximum absolute atomic E-state index is 15.2. The van der Waals surface area contributed by atoms with Gasteiger partial charge in [-0.2, -0.15) is 0 Å². The van der Waals surface area contributed by atoms with Gasteiger partial charge in [0.15, 0.2) is 0 Å². The fourth-order valence-electron chi connectivity index (χ4n) is 6.30. The molecule has 0 saturated carbocycles. The second-order valence-corrected chi connectivity index (χ2v) is 11.2. The number of rotatable bonds is 6. The van der Waals surface area contributed by atoms with Crippen molar-refractivity contribution in [2.45, 2.75) is 31.7 Å². The highest BCUT2D eigenvalue weighted by Gasteiger charge is 2.45. The van der Waals surface area contributed by atoms with E-state index in [4.69, 9.17) is 5.11 Å². The zero-order valence-corrected chi connectivity index (χ0v) is 22.9. The average molecular weight is 579 g/mol. The molecule has 4 aliphatic rings. The normalized spacial score (nSPS) is 22.0. The van der Waals surface area contributed by atoms with E-state index < -0.39 is 41.5 Å². The van der Waals surface area contributed by atoms with E-state index in [1.54, 1.807) is 12.1 Å². The largest absolute Gasteiger partial charge is 0.478 e. The number of hydrogen-bond donors (Lipinski definition) is 2. The van der Waals surface area contributed by atoms with Crippen LogP contribution in [0.4, 0.5) is 15.9 Å². The molecule has 13 heteroatoms. The van der Waals surface area contributed by atoms with E-state index >= 15 is 4.39 Å². The van der Waals surface area contributed by atoms with Gasteiger partial charge in [0, 0.05) is 58.4 Å². The van der Waals surface area contributed by atoms with Crippen LogP contribution in [-0.4, -0.2) is 101 Å². The summed E-state index contributed by atoms with van der Waals surface area (Å²) in [6.45, 7) is 5.18. The lowest BCUT2D eigenvalue weighted by Crippen LogP contribution is -2.54. The summed E-state index contributed by atoms with van der Waals surface area (Å²) in [5.74, 6) is -2.82. The lowest BCUT2D eigenvalue weighted by atomic mass is 9.96. The fourth-order valence-corrected chi connectivity index (χ4v) is 6.30. The number of aromatic carboxylic acids is 1. The van der Waals surface area contributed by atoms with Gasteiger partial charge in [0.05, 0.1) is 22.4 Å². The maximum atomic E-state index is 15.2. The minimum Gasteiger partial charge on any atom is -0.478 e. The molecule has 1 aromatic carbocycles. The Hall–Kier alpha value is -4.39. The van der Waals surface area contributed by atoms with Crippen LogP contribution in [0.15, 0.2) is 30.5 Å². The van der Waals surface area contributed by atoms with Crippen molar-refractivity contribution in [1.82, 2.24) is 20.1 Å². The first-order valence-corrected chi connectivity index (χ1v) is 14.2. The molecule has 42 heavy (non-hydrogen) atoms. The fraction of sp³-hybridized carbons (Fsp3) is 0.448. The average Bonchev–Trinajstić information content (AvgIpc) is 3.22. The predicted octanol–water partition coefficient (Wildman–Crippen LogP) is 1.36. The van der Waals surface area contributed by atoms with Gasteiger partial charge in [0.25, 0.3) is 11.8 Å². The highest BCUT2D eigenvalue weighted by atomic mass is 19.1. The number of imide groups is 2. The number of carboxylic acids is 1. The lowest BCUT2D eigenvalue weighted by molar-refractivity contribution is -0.136. The van der Waals surface area contributed by atoms with Gasteiger partial charge in [-0.1, -0.05) is 0 Å². The van der Waals surface area contributed by atoms with E-state index in [1.807, 2.05) is 4.90 Å². The molecule has 220 valence electrons. The topological polar surface area (TPSA) is 143 Å². The number of amides is 4. The number of pyridine rings is 1. The monoisotopic (exact) mass is 578 g/mol. The van der Waals surface area contributed by atoms with Gasteiger partial charge in [-0.25, -0.2) is 14.2 Å². The number of aromatic nitrogens is 1. The van der Waals surface area contributed by atoms with Gasteiger partial charge in [-0.05, 0) is 49.4 Å². The number of anilines is 2. The summed E-state index contributed by atoms with van der Waals surface area (Å²) in [4.78, 5) is 72.6. The predicted molar refractivity (Wildman–Crippen MR) is 148 cm³/mol. The number of hydrogen-bond acceptors (Lipinski definition) is 9. The first-order valence-electron chi connectivity index (χ1n) is 14.2. The number of nitrogens with zero attached hydrogens (tertiary/aromatic N) is 5. The molecule has 6 rings (SSSR count). The molecule has 1 aromatic heterocycles. The first-order chi connectivity index (χ1) is 20.2. The van der Waals surface area contributed by atoms with E-state index in [0.717, 1.165) is 62.3 Å². The number of nitrogens with one attached hydrogen (secondary N) is 1. The molecule has 0 radical (unpaired) electrons. The third-order valence-corrected chi connectivity index (χ3v) is 8.67. The van der Waals surface area contributed by atoms with E-state index in [9.17, 15) is 24.0 Å². The summed E-state index contributed by atoms with van der Waals surface area (Å²) in [6.07, 6.45) is 3.43. The lowest BCUT2D eigenvalue weighted by Gasteiger charge is -2.40. The van der Waals surface area contributed by atoms with E-state index in [0.29, 0.717) is 19.0 Å². The minimum atomic E-state index is -1.09. The van der Waals surface area contributed by atoms with Crippen LogP contribution in [-0.2, 0) is 9.59 Å². The Balaban J connectivity index is 1.04.